The second-order valence-corrected chi connectivity index (χ2v) is 7.66. The highest BCUT2D eigenvalue weighted by atomic mass is 32.2. The Balaban J connectivity index is 2.02. The molecule has 0 unspecified atom stereocenters. The largest absolute Gasteiger partial charge is 0.496 e. The number of ether oxygens (including phenoxy) is 1. The number of rotatable bonds is 8. The van der Waals surface area contributed by atoms with Gasteiger partial charge < -0.3 is 10.1 Å². The van der Waals surface area contributed by atoms with Crippen molar-refractivity contribution < 1.29 is 22.3 Å². The van der Waals surface area contributed by atoms with Gasteiger partial charge in [-0.1, -0.05) is 24.3 Å². The lowest BCUT2D eigenvalue weighted by atomic mass is 10.2. The van der Waals surface area contributed by atoms with Crippen LogP contribution in [0, 0.1) is 5.82 Å². The Bertz CT molecular complexity index is 871. The molecule has 2 aromatic carbocycles. The van der Waals surface area contributed by atoms with E-state index in [-0.39, 0.29) is 25.2 Å². The van der Waals surface area contributed by atoms with Gasteiger partial charge in [-0.3, -0.25) is 4.79 Å². The van der Waals surface area contributed by atoms with E-state index in [0.29, 0.717) is 5.75 Å². The monoisotopic (exact) mass is 380 g/mol. The number of halogens is 1. The fourth-order valence-electron chi connectivity index (χ4n) is 2.41. The summed E-state index contributed by atoms with van der Waals surface area (Å²) in [5, 5.41) is 2.60. The first-order chi connectivity index (χ1) is 12.3. The van der Waals surface area contributed by atoms with Crippen molar-refractivity contribution in [2.24, 2.45) is 0 Å². The van der Waals surface area contributed by atoms with Crippen LogP contribution in [0.25, 0.3) is 0 Å². The van der Waals surface area contributed by atoms with Gasteiger partial charge in [0.15, 0.2) is 0 Å². The van der Waals surface area contributed by atoms with Crippen LogP contribution in [-0.2, 0) is 16.6 Å². The van der Waals surface area contributed by atoms with Gasteiger partial charge in [-0.15, -0.1) is 0 Å². The summed E-state index contributed by atoms with van der Waals surface area (Å²) in [6.07, 6.45) is 1.11. The van der Waals surface area contributed by atoms with Crippen molar-refractivity contribution in [3.05, 3.63) is 65.5 Å². The van der Waals surface area contributed by atoms with Gasteiger partial charge in [0.2, 0.25) is 10.0 Å². The minimum Gasteiger partial charge on any atom is -0.496 e. The zero-order chi connectivity index (χ0) is 19.2. The average molecular weight is 380 g/mol. The fraction of sp³-hybridized carbons (Fsp3) is 0.278. The molecular formula is C18H21FN2O4S. The summed E-state index contributed by atoms with van der Waals surface area (Å²) >= 11 is 0. The number of hydrogen-bond acceptors (Lipinski definition) is 4. The minimum absolute atomic E-state index is 0.0813. The Hall–Kier alpha value is -2.45. The van der Waals surface area contributed by atoms with E-state index in [1.165, 1.54) is 29.6 Å². The number of carbonyl (C=O) groups excluding carboxylic acids is 1. The van der Waals surface area contributed by atoms with Crippen LogP contribution in [0.2, 0.25) is 0 Å². The zero-order valence-corrected chi connectivity index (χ0v) is 15.4. The van der Waals surface area contributed by atoms with Crippen LogP contribution in [0.5, 0.6) is 5.75 Å². The highest BCUT2D eigenvalue weighted by molar-refractivity contribution is 7.88. The molecule has 0 saturated heterocycles. The Kier molecular flexibility index (Phi) is 6.70. The third kappa shape index (κ3) is 5.53. The van der Waals surface area contributed by atoms with E-state index in [4.69, 9.17) is 4.74 Å². The van der Waals surface area contributed by atoms with Gasteiger partial charge in [-0.2, -0.15) is 4.31 Å². The molecule has 26 heavy (non-hydrogen) atoms. The third-order valence-corrected chi connectivity index (χ3v) is 4.99. The van der Waals surface area contributed by atoms with E-state index in [9.17, 15) is 17.6 Å². The molecule has 0 aliphatic rings. The molecule has 1 amide bonds. The van der Waals surface area contributed by atoms with Crippen molar-refractivity contribution in [1.29, 1.82) is 0 Å². The molecule has 0 aliphatic heterocycles. The third-order valence-electron chi connectivity index (χ3n) is 3.74. The lowest BCUT2D eigenvalue weighted by Crippen LogP contribution is -2.37. The molecule has 0 heterocycles. The van der Waals surface area contributed by atoms with Gasteiger partial charge >= 0.3 is 0 Å². The van der Waals surface area contributed by atoms with E-state index < -0.39 is 21.7 Å². The first kappa shape index (κ1) is 19.9. The molecule has 140 valence electrons. The SMILES string of the molecule is COc1ccccc1CN(CCNC(=O)c1cccc(F)c1)S(C)(=O)=O. The number of nitrogens with one attached hydrogen (secondary N) is 1. The first-order valence-corrected chi connectivity index (χ1v) is 9.77. The number of amides is 1. The molecule has 0 radical (unpaired) electrons. The molecule has 0 aliphatic carbocycles. The van der Waals surface area contributed by atoms with Crippen LogP contribution in [0.4, 0.5) is 4.39 Å². The van der Waals surface area contributed by atoms with Crippen LogP contribution >= 0.6 is 0 Å². The number of para-hydroxylation sites is 1. The van der Waals surface area contributed by atoms with Crippen molar-refractivity contribution in [2.75, 3.05) is 26.5 Å². The Morgan fingerprint density at radius 3 is 2.58 bits per heavy atom. The summed E-state index contributed by atoms with van der Waals surface area (Å²) in [5.74, 6) is -0.383. The molecule has 1 N–H and O–H groups in total. The standard InChI is InChI=1S/C18H21FN2O4S/c1-25-17-9-4-3-6-15(17)13-21(26(2,23)24)11-10-20-18(22)14-7-5-8-16(19)12-14/h3-9,12H,10-11,13H2,1-2H3,(H,20,22). The van der Waals surface area contributed by atoms with Gasteiger partial charge in [0.05, 0.1) is 13.4 Å². The summed E-state index contributed by atoms with van der Waals surface area (Å²) in [6, 6.07) is 12.4. The predicted octanol–water partition coefficient (Wildman–Crippen LogP) is 2.03. The average Bonchev–Trinajstić information content (AvgIpc) is 2.60. The van der Waals surface area contributed by atoms with Gasteiger partial charge in [0, 0.05) is 30.8 Å². The summed E-state index contributed by atoms with van der Waals surface area (Å²) < 4.78 is 43.8. The van der Waals surface area contributed by atoms with Gasteiger partial charge in [0.1, 0.15) is 11.6 Å². The highest BCUT2D eigenvalue weighted by Gasteiger charge is 2.19. The van der Waals surface area contributed by atoms with E-state index in [2.05, 4.69) is 5.32 Å². The molecular weight excluding hydrogens is 359 g/mol. The van der Waals surface area contributed by atoms with Crippen molar-refractivity contribution >= 4 is 15.9 Å². The number of methoxy groups -OCH3 is 1. The van der Waals surface area contributed by atoms with Crippen LogP contribution in [0.3, 0.4) is 0 Å². The van der Waals surface area contributed by atoms with Gasteiger partial charge in [-0.25, -0.2) is 12.8 Å². The summed E-state index contributed by atoms with van der Waals surface area (Å²) in [6.45, 7) is 0.300. The molecule has 2 aromatic rings. The van der Waals surface area contributed by atoms with Gasteiger partial charge in [-0.05, 0) is 24.3 Å². The lowest BCUT2D eigenvalue weighted by Gasteiger charge is -2.21. The topological polar surface area (TPSA) is 75.7 Å². The van der Waals surface area contributed by atoms with E-state index in [1.54, 1.807) is 24.3 Å². The molecule has 0 bridgehead atoms. The quantitative estimate of drug-likeness (QED) is 0.760. The van der Waals surface area contributed by atoms with E-state index in [0.717, 1.165) is 17.9 Å². The normalized spacial score (nSPS) is 11.4. The molecule has 6 nitrogen and oxygen atoms in total. The second kappa shape index (κ2) is 8.77. The number of benzene rings is 2. The Morgan fingerprint density at radius 2 is 1.92 bits per heavy atom. The van der Waals surface area contributed by atoms with Crippen molar-refractivity contribution in [1.82, 2.24) is 9.62 Å². The Morgan fingerprint density at radius 1 is 1.19 bits per heavy atom. The molecule has 0 atom stereocenters. The minimum atomic E-state index is -3.49. The number of nitrogens with zero attached hydrogens (tertiary/aromatic N) is 1. The maximum absolute atomic E-state index is 13.2. The number of carbonyl (C=O) groups is 1. The van der Waals surface area contributed by atoms with E-state index >= 15 is 0 Å². The smallest absolute Gasteiger partial charge is 0.251 e. The van der Waals surface area contributed by atoms with Crippen LogP contribution < -0.4 is 10.1 Å². The highest BCUT2D eigenvalue weighted by Crippen LogP contribution is 2.20. The lowest BCUT2D eigenvalue weighted by molar-refractivity contribution is 0.0951. The molecule has 8 heteroatoms. The fourth-order valence-corrected chi connectivity index (χ4v) is 3.21. The second-order valence-electron chi connectivity index (χ2n) is 5.67. The van der Waals surface area contributed by atoms with Crippen LogP contribution in [-0.4, -0.2) is 45.1 Å². The zero-order valence-electron chi connectivity index (χ0n) is 14.6. The summed E-state index contributed by atoms with van der Waals surface area (Å²) in [7, 11) is -1.97. The van der Waals surface area contributed by atoms with Crippen molar-refractivity contribution in [2.45, 2.75) is 6.54 Å². The van der Waals surface area contributed by atoms with Crippen LogP contribution in [0.1, 0.15) is 15.9 Å². The molecule has 0 spiro atoms. The van der Waals surface area contributed by atoms with Crippen molar-refractivity contribution in [3.63, 3.8) is 0 Å². The van der Waals surface area contributed by atoms with Crippen LogP contribution in [0.15, 0.2) is 48.5 Å². The maximum atomic E-state index is 13.2. The maximum Gasteiger partial charge on any atom is 0.251 e. The Labute approximate surface area is 152 Å². The van der Waals surface area contributed by atoms with Crippen molar-refractivity contribution in [3.8, 4) is 5.75 Å². The molecule has 0 aromatic heterocycles. The predicted molar refractivity (Wildman–Crippen MR) is 97.0 cm³/mol. The summed E-state index contributed by atoms with van der Waals surface area (Å²) in [5.41, 5.74) is 0.900. The number of hydrogen-bond donors (Lipinski definition) is 1. The first-order valence-electron chi connectivity index (χ1n) is 7.92. The number of sulfonamides is 1. The summed E-state index contributed by atoms with van der Waals surface area (Å²) in [4.78, 5) is 12.0. The van der Waals surface area contributed by atoms with Gasteiger partial charge in [0.25, 0.3) is 5.91 Å². The van der Waals surface area contributed by atoms with E-state index in [1.807, 2.05) is 0 Å². The molecule has 0 saturated carbocycles. The molecule has 0 fully saturated rings. The molecule has 2 rings (SSSR count).